The Morgan fingerprint density at radius 3 is 2.76 bits per heavy atom. The van der Waals surface area contributed by atoms with E-state index in [2.05, 4.69) is 5.32 Å². The summed E-state index contributed by atoms with van der Waals surface area (Å²) >= 11 is 0. The van der Waals surface area contributed by atoms with Gasteiger partial charge in [0.05, 0.1) is 6.04 Å². The first-order valence-corrected chi connectivity index (χ1v) is 7.25. The number of benzene rings is 1. The number of carboxylic acid groups (broad SMARTS) is 1. The van der Waals surface area contributed by atoms with E-state index < -0.39 is 5.97 Å². The lowest BCUT2D eigenvalue weighted by molar-refractivity contribution is -0.136. The van der Waals surface area contributed by atoms with E-state index in [-0.39, 0.29) is 18.5 Å². The van der Waals surface area contributed by atoms with E-state index in [1.54, 1.807) is 4.90 Å². The van der Waals surface area contributed by atoms with Crippen LogP contribution in [0.2, 0.25) is 0 Å². The van der Waals surface area contributed by atoms with Crippen LogP contribution in [0.1, 0.15) is 12.0 Å². The van der Waals surface area contributed by atoms with E-state index in [0.29, 0.717) is 13.0 Å². The van der Waals surface area contributed by atoms with Gasteiger partial charge in [0.15, 0.2) is 0 Å². The molecule has 2 N–H and O–H groups in total. The molecular weight excluding hydrogens is 270 g/mol. The monoisotopic (exact) mass is 289 g/mol. The number of carboxylic acids is 1. The molecule has 0 radical (unpaired) electrons. The van der Waals surface area contributed by atoms with Crippen molar-refractivity contribution >= 4 is 17.7 Å². The predicted octanol–water partition coefficient (Wildman–Crippen LogP) is 0.918. The van der Waals surface area contributed by atoms with Crippen molar-refractivity contribution in [2.45, 2.75) is 18.9 Å². The van der Waals surface area contributed by atoms with E-state index in [9.17, 15) is 9.59 Å². The third-order valence-electron chi connectivity index (χ3n) is 4.10. The van der Waals surface area contributed by atoms with Crippen molar-refractivity contribution in [1.29, 1.82) is 0 Å². The van der Waals surface area contributed by atoms with Crippen LogP contribution < -0.4 is 10.2 Å². The van der Waals surface area contributed by atoms with Gasteiger partial charge in [0.25, 0.3) is 0 Å². The number of piperazine rings is 1. The highest BCUT2D eigenvalue weighted by atomic mass is 16.4. The highest BCUT2D eigenvalue weighted by Crippen LogP contribution is 2.25. The lowest BCUT2D eigenvalue weighted by atomic mass is 10.1. The maximum atomic E-state index is 12.4. The van der Waals surface area contributed by atoms with Crippen LogP contribution in [0.3, 0.4) is 0 Å². The molecule has 2 amide bonds. The number of aryl methyl sites for hydroxylation is 1. The molecule has 0 aromatic heterocycles. The average molecular weight is 289 g/mol. The molecule has 6 heteroatoms. The number of rotatable bonds is 4. The number of urea groups is 1. The molecule has 1 atom stereocenters. The fourth-order valence-corrected chi connectivity index (χ4v) is 2.93. The molecule has 1 aromatic rings. The molecule has 0 bridgehead atoms. The second-order valence-electron chi connectivity index (χ2n) is 5.50. The Labute approximate surface area is 123 Å². The average Bonchev–Trinajstić information content (AvgIpc) is 2.83. The van der Waals surface area contributed by atoms with Crippen molar-refractivity contribution in [3.8, 4) is 0 Å². The van der Waals surface area contributed by atoms with Crippen molar-refractivity contribution < 1.29 is 14.7 Å². The van der Waals surface area contributed by atoms with Crippen molar-refractivity contribution in [1.82, 2.24) is 10.2 Å². The summed E-state index contributed by atoms with van der Waals surface area (Å²) in [5.41, 5.74) is 1.86. The predicted molar refractivity (Wildman–Crippen MR) is 78.5 cm³/mol. The number of carbonyl (C=O) groups is 2. The minimum Gasteiger partial charge on any atom is -0.481 e. The highest BCUT2D eigenvalue weighted by molar-refractivity contribution is 5.94. The van der Waals surface area contributed by atoms with Crippen LogP contribution in [0.15, 0.2) is 24.3 Å². The summed E-state index contributed by atoms with van der Waals surface area (Å²) in [6.45, 7) is 3.17. The Morgan fingerprint density at radius 2 is 2.10 bits per heavy atom. The Bertz CT molecular complexity index is 544. The minimum atomic E-state index is -0.793. The zero-order valence-electron chi connectivity index (χ0n) is 11.8. The van der Waals surface area contributed by atoms with Crippen molar-refractivity contribution in [3.05, 3.63) is 29.8 Å². The molecule has 1 aromatic carbocycles. The maximum Gasteiger partial charge on any atom is 0.324 e. The number of hydrogen-bond acceptors (Lipinski definition) is 3. The first kappa shape index (κ1) is 13.9. The molecule has 3 rings (SSSR count). The molecule has 2 aliphatic heterocycles. The number of anilines is 1. The molecule has 0 saturated carbocycles. The molecule has 112 valence electrons. The topological polar surface area (TPSA) is 72.9 Å². The highest BCUT2D eigenvalue weighted by Gasteiger charge is 2.38. The van der Waals surface area contributed by atoms with E-state index in [1.165, 1.54) is 0 Å². The lowest BCUT2D eigenvalue weighted by Crippen LogP contribution is -2.49. The van der Waals surface area contributed by atoms with Crippen LogP contribution in [-0.2, 0) is 11.2 Å². The summed E-state index contributed by atoms with van der Waals surface area (Å²) in [4.78, 5) is 26.7. The van der Waals surface area contributed by atoms with Gasteiger partial charge < -0.3 is 15.3 Å². The minimum absolute atomic E-state index is 0.0692. The summed E-state index contributed by atoms with van der Waals surface area (Å²) in [6.07, 6.45) is 0.645. The zero-order chi connectivity index (χ0) is 14.8. The largest absolute Gasteiger partial charge is 0.481 e. The van der Waals surface area contributed by atoms with Crippen LogP contribution in [0, 0.1) is 0 Å². The summed E-state index contributed by atoms with van der Waals surface area (Å²) in [5, 5.41) is 12.0. The van der Waals surface area contributed by atoms with Gasteiger partial charge in [-0.1, -0.05) is 12.1 Å². The third kappa shape index (κ3) is 2.85. The van der Waals surface area contributed by atoms with Gasteiger partial charge in [0.1, 0.15) is 0 Å². The normalized spacial score (nSPS) is 21.5. The first-order valence-electron chi connectivity index (χ1n) is 7.25. The van der Waals surface area contributed by atoms with Gasteiger partial charge in [-0.05, 0) is 24.1 Å². The molecule has 2 aliphatic rings. The van der Waals surface area contributed by atoms with Crippen LogP contribution >= 0.6 is 0 Å². The fraction of sp³-hybridized carbons (Fsp3) is 0.467. The fourth-order valence-electron chi connectivity index (χ4n) is 2.93. The number of nitrogens with zero attached hydrogens (tertiary/aromatic N) is 2. The van der Waals surface area contributed by atoms with Crippen LogP contribution in [0.25, 0.3) is 0 Å². The molecule has 21 heavy (non-hydrogen) atoms. The van der Waals surface area contributed by atoms with Crippen LogP contribution in [0.4, 0.5) is 10.5 Å². The van der Waals surface area contributed by atoms with Gasteiger partial charge in [0, 0.05) is 38.3 Å². The number of carbonyl (C=O) groups excluding carboxylic acids is 1. The lowest BCUT2D eigenvalue weighted by Gasteiger charge is -2.28. The smallest absolute Gasteiger partial charge is 0.324 e. The molecule has 2 saturated heterocycles. The molecular formula is C15H19N3O3. The first-order chi connectivity index (χ1) is 10.1. The summed E-state index contributed by atoms with van der Waals surface area (Å²) in [5.74, 6) is -0.793. The summed E-state index contributed by atoms with van der Waals surface area (Å²) in [7, 11) is 0. The Morgan fingerprint density at radius 1 is 1.33 bits per heavy atom. The molecule has 2 fully saturated rings. The number of aliphatic carboxylic acids is 1. The van der Waals surface area contributed by atoms with E-state index >= 15 is 0 Å². The molecule has 0 aliphatic carbocycles. The summed E-state index contributed by atoms with van der Waals surface area (Å²) < 4.78 is 0. The number of nitrogens with one attached hydrogen (secondary N) is 1. The molecule has 0 unspecified atom stereocenters. The van der Waals surface area contributed by atoms with Gasteiger partial charge in [-0.15, -0.1) is 0 Å². The van der Waals surface area contributed by atoms with E-state index in [1.807, 2.05) is 29.2 Å². The van der Waals surface area contributed by atoms with Crippen LogP contribution in [-0.4, -0.2) is 54.2 Å². The summed E-state index contributed by atoms with van der Waals surface area (Å²) in [6, 6.07) is 7.93. The molecule has 2 heterocycles. The zero-order valence-corrected chi connectivity index (χ0v) is 11.8. The van der Waals surface area contributed by atoms with E-state index in [4.69, 9.17) is 5.11 Å². The van der Waals surface area contributed by atoms with E-state index in [0.717, 1.165) is 30.9 Å². The van der Waals surface area contributed by atoms with Crippen molar-refractivity contribution in [3.63, 3.8) is 0 Å². The number of fused-ring (bicyclic) bond motifs is 1. The van der Waals surface area contributed by atoms with Gasteiger partial charge in [0.2, 0.25) is 0 Å². The third-order valence-corrected chi connectivity index (χ3v) is 4.10. The maximum absolute atomic E-state index is 12.4. The van der Waals surface area contributed by atoms with Gasteiger partial charge >= 0.3 is 12.0 Å². The van der Waals surface area contributed by atoms with Crippen LogP contribution in [0.5, 0.6) is 0 Å². The van der Waals surface area contributed by atoms with Crippen molar-refractivity contribution in [2.24, 2.45) is 0 Å². The second-order valence-corrected chi connectivity index (χ2v) is 5.50. The van der Waals surface area contributed by atoms with Gasteiger partial charge in [-0.3, -0.25) is 9.69 Å². The number of hydrogen-bond donors (Lipinski definition) is 2. The van der Waals surface area contributed by atoms with Gasteiger partial charge in [-0.2, -0.15) is 0 Å². The Hall–Kier alpha value is -2.08. The quantitative estimate of drug-likeness (QED) is 0.864. The second kappa shape index (κ2) is 5.73. The standard InChI is InChI=1S/C15H19N3O3/c19-14(20)6-3-11-1-4-12(5-2-11)18-10-13-9-16-7-8-17(13)15(18)21/h1-2,4-5,13,16H,3,6-10H2,(H,19,20)/t13-/m0/s1. The van der Waals surface area contributed by atoms with Crippen molar-refractivity contribution in [2.75, 3.05) is 31.1 Å². The molecule has 6 nitrogen and oxygen atoms in total. The van der Waals surface area contributed by atoms with Gasteiger partial charge in [-0.25, -0.2) is 4.79 Å². The number of amides is 2. The Balaban J connectivity index is 1.69. The Kier molecular flexibility index (Phi) is 3.79. The molecule has 0 spiro atoms. The SMILES string of the molecule is O=C(O)CCc1ccc(N2C[C@@H]3CNCCN3C2=O)cc1.